The molecule has 0 atom stereocenters. The lowest BCUT2D eigenvalue weighted by molar-refractivity contribution is -0.127. The van der Waals surface area contributed by atoms with Crippen LogP contribution in [0.2, 0.25) is 0 Å². The number of nitrogens with one attached hydrogen (secondary N) is 2. The van der Waals surface area contributed by atoms with Crippen LogP contribution in [0.15, 0.2) is 42.5 Å². The van der Waals surface area contributed by atoms with E-state index in [-0.39, 0.29) is 28.2 Å². The van der Waals surface area contributed by atoms with Gasteiger partial charge in [0.25, 0.3) is 0 Å². The van der Waals surface area contributed by atoms with Gasteiger partial charge in [0.05, 0.1) is 22.1 Å². The molecule has 0 unspecified atom stereocenters. The number of carbonyl (C=O) groups excluding carboxylic acids is 2. The second-order valence-corrected chi connectivity index (χ2v) is 11.9. The lowest BCUT2D eigenvalue weighted by Gasteiger charge is -2.39. The second-order valence-electron chi connectivity index (χ2n) is 11.9. The summed E-state index contributed by atoms with van der Waals surface area (Å²) >= 11 is 0. The van der Waals surface area contributed by atoms with Gasteiger partial charge in [0.15, 0.2) is 0 Å². The van der Waals surface area contributed by atoms with Crippen LogP contribution in [-0.4, -0.2) is 80.3 Å². The number of pyridine rings is 1. The largest absolute Gasteiger partial charge is 0.412 e. The fourth-order valence-electron chi connectivity index (χ4n) is 5.74. The Labute approximate surface area is 242 Å². The van der Waals surface area contributed by atoms with Crippen LogP contribution >= 0.6 is 0 Å². The molecule has 0 radical (unpaired) electrons. The van der Waals surface area contributed by atoms with E-state index >= 15 is 0 Å². The standard InChI is InChI=1S/C31H41N5O2.3H2O/c1-30(2,35-15-7-5-8-16-35)28(37)32-24-13-11-22-19-23-12-14-25(21-27(23)34-26(22)20-24)33-29(38)31(3,4)36-17-9-6-10-18-36;;;/h11-14,19-21H,5-10,15-18H2,1-4H3,(H,32,37)(H,33,38);3*1H2. The third kappa shape index (κ3) is 7.20. The third-order valence-electron chi connectivity index (χ3n) is 8.53. The van der Waals surface area contributed by atoms with Crippen molar-refractivity contribution in [2.75, 3.05) is 36.8 Å². The van der Waals surface area contributed by atoms with Crippen LogP contribution in [0.3, 0.4) is 0 Å². The van der Waals surface area contributed by atoms with Crippen molar-refractivity contribution in [3.63, 3.8) is 0 Å². The predicted octanol–water partition coefficient (Wildman–Crippen LogP) is 3.32. The van der Waals surface area contributed by atoms with Crippen molar-refractivity contribution < 1.29 is 26.0 Å². The number of hydrogen-bond acceptors (Lipinski definition) is 5. The van der Waals surface area contributed by atoms with Crippen LogP contribution in [0.5, 0.6) is 0 Å². The Kier molecular flexibility index (Phi) is 11.4. The van der Waals surface area contributed by atoms with Gasteiger partial charge in [-0.05, 0) is 110 Å². The van der Waals surface area contributed by atoms with Gasteiger partial charge in [-0.2, -0.15) is 0 Å². The molecule has 2 fully saturated rings. The van der Waals surface area contributed by atoms with Crippen LogP contribution in [0.4, 0.5) is 11.4 Å². The Balaban J connectivity index is 0.00000196. The first-order valence-electron chi connectivity index (χ1n) is 14.1. The summed E-state index contributed by atoms with van der Waals surface area (Å²) in [6.45, 7) is 11.8. The van der Waals surface area contributed by atoms with Gasteiger partial charge in [-0.15, -0.1) is 0 Å². The number of fused-ring (bicyclic) bond motifs is 2. The van der Waals surface area contributed by atoms with Crippen molar-refractivity contribution >= 4 is 45.0 Å². The second kappa shape index (κ2) is 13.7. The van der Waals surface area contributed by atoms with Crippen molar-refractivity contribution in [2.45, 2.75) is 77.3 Å². The highest BCUT2D eigenvalue weighted by atomic mass is 16.2. The molecular weight excluding hydrogens is 522 g/mol. The number of aromatic nitrogens is 1. The van der Waals surface area contributed by atoms with Gasteiger partial charge in [-0.25, -0.2) is 4.98 Å². The van der Waals surface area contributed by atoms with Crippen molar-refractivity contribution in [1.82, 2.24) is 14.8 Å². The Morgan fingerprint density at radius 2 is 0.976 bits per heavy atom. The molecule has 8 N–H and O–H groups in total. The van der Waals surface area contributed by atoms with Gasteiger partial charge in [0.2, 0.25) is 11.8 Å². The average molecular weight is 570 g/mol. The quantitative estimate of drug-likeness (QED) is 0.433. The van der Waals surface area contributed by atoms with Crippen molar-refractivity contribution in [3.8, 4) is 0 Å². The molecule has 2 saturated heterocycles. The Bertz CT molecular complexity index is 1250. The number of benzene rings is 2. The highest BCUT2D eigenvalue weighted by molar-refractivity contribution is 6.02. The highest BCUT2D eigenvalue weighted by Gasteiger charge is 2.36. The van der Waals surface area contributed by atoms with Gasteiger partial charge >= 0.3 is 0 Å². The molecule has 226 valence electrons. The monoisotopic (exact) mass is 569 g/mol. The molecule has 0 saturated carbocycles. The molecule has 0 bridgehead atoms. The number of rotatable bonds is 6. The molecule has 3 aromatic rings. The summed E-state index contributed by atoms with van der Waals surface area (Å²) in [5.41, 5.74) is 1.97. The molecule has 2 aliphatic heterocycles. The maximum Gasteiger partial charge on any atom is 0.244 e. The summed E-state index contributed by atoms with van der Waals surface area (Å²) in [5, 5.41) is 8.26. The van der Waals surface area contributed by atoms with Crippen molar-refractivity contribution in [2.24, 2.45) is 0 Å². The minimum Gasteiger partial charge on any atom is -0.412 e. The van der Waals surface area contributed by atoms with Gasteiger partial charge in [0.1, 0.15) is 0 Å². The Morgan fingerprint density at radius 3 is 1.34 bits per heavy atom. The van der Waals surface area contributed by atoms with Crippen LogP contribution in [-0.2, 0) is 9.59 Å². The third-order valence-corrected chi connectivity index (χ3v) is 8.53. The van der Waals surface area contributed by atoms with E-state index in [9.17, 15) is 9.59 Å². The molecule has 10 heteroatoms. The number of hydrogen-bond donors (Lipinski definition) is 2. The molecule has 2 aromatic carbocycles. The Morgan fingerprint density at radius 1 is 0.610 bits per heavy atom. The summed E-state index contributed by atoms with van der Waals surface area (Å²) in [7, 11) is 0. The average Bonchev–Trinajstić information content (AvgIpc) is 2.92. The fraction of sp³-hybridized carbons (Fsp3) is 0.516. The minimum atomic E-state index is -0.568. The van der Waals surface area contributed by atoms with Crippen LogP contribution in [0.1, 0.15) is 66.2 Å². The van der Waals surface area contributed by atoms with E-state index in [2.05, 4.69) is 26.5 Å². The number of carbonyl (C=O) groups is 2. The molecule has 3 heterocycles. The van der Waals surface area contributed by atoms with E-state index in [0.29, 0.717) is 0 Å². The summed E-state index contributed by atoms with van der Waals surface area (Å²) in [6, 6.07) is 13.9. The van der Waals surface area contributed by atoms with Gasteiger partial charge in [0, 0.05) is 22.1 Å². The van der Waals surface area contributed by atoms with E-state index in [1.165, 1.54) is 12.8 Å². The smallest absolute Gasteiger partial charge is 0.244 e. The van der Waals surface area contributed by atoms with E-state index in [4.69, 9.17) is 4.98 Å². The fourth-order valence-corrected chi connectivity index (χ4v) is 5.74. The van der Waals surface area contributed by atoms with Crippen LogP contribution < -0.4 is 10.6 Å². The van der Waals surface area contributed by atoms with Crippen LogP contribution in [0, 0.1) is 0 Å². The molecule has 2 aliphatic rings. The molecule has 5 rings (SSSR count). The van der Waals surface area contributed by atoms with Crippen molar-refractivity contribution in [1.29, 1.82) is 0 Å². The predicted molar refractivity (Wildman–Crippen MR) is 166 cm³/mol. The highest BCUT2D eigenvalue weighted by Crippen LogP contribution is 2.28. The first kappa shape index (κ1) is 34.1. The number of amides is 2. The molecule has 0 spiro atoms. The molecule has 0 aliphatic carbocycles. The number of anilines is 2. The molecule has 1 aromatic heterocycles. The van der Waals surface area contributed by atoms with Gasteiger partial charge < -0.3 is 27.1 Å². The Hall–Kier alpha value is -3.15. The molecule has 2 amide bonds. The minimum absolute atomic E-state index is 0. The SMILES string of the molecule is CC(C)(C(=O)Nc1ccc2cc3ccc(NC(=O)C(C)(C)N4CCCCC4)cc3nc2c1)N1CCCCC1.O.O.O. The summed E-state index contributed by atoms with van der Waals surface area (Å²) in [6.07, 6.45) is 7.04. The summed E-state index contributed by atoms with van der Waals surface area (Å²) in [4.78, 5) is 35.9. The normalized spacial score (nSPS) is 16.7. The van der Waals surface area contributed by atoms with E-state index in [1.807, 2.05) is 64.1 Å². The van der Waals surface area contributed by atoms with Gasteiger partial charge in [-0.1, -0.05) is 25.0 Å². The first-order valence-corrected chi connectivity index (χ1v) is 14.1. The van der Waals surface area contributed by atoms with Crippen LogP contribution in [0.25, 0.3) is 21.8 Å². The zero-order chi connectivity index (χ0) is 26.9. The van der Waals surface area contributed by atoms with E-state index in [0.717, 1.165) is 85.0 Å². The topological polar surface area (TPSA) is 172 Å². The summed E-state index contributed by atoms with van der Waals surface area (Å²) in [5.74, 6) is 0.00159. The van der Waals surface area contributed by atoms with E-state index < -0.39 is 11.1 Å². The number of nitrogens with zero attached hydrogens (tertiary/aromatic N) is 3. The molecular formula is C31H47N5O5. The van der Waals surface area contributed by atoms with Gasteiger partial charge in [-0.3, -0.25) is 19.4 Å². The van der Waals surface area contributed by atoms with E-state index in [1.54, 1.807) is 0 Å². The maximum atomic E-state index is 13.2. The molecule has 41 heavy (non-hydrogen) atoms. The zero-order valence-electron chi connectivity index (χ0n) is 24.8. The lowest BCUT2D eigenvalue weighted by atomic mass is 9.97. The number of likely N-dealkylation sites (tertiary alicyclic amines) is 2. The summed E-state index contributed by atoms with van der Waals surface area (Å²) < 4.78 is 0. The molecule has 10 nitrogen and oxygen atoms in total. The first-order chi connectivity index (χ1) is 18.1. The van der Waals surface area contributed by atoms with Crippen molar-refractivity contribution in [3.05, 3.63) is 42.5 Å². The number of piperidine rings is 2. The lowest BCUT2D eigenvalue weighted by Crippen LogP contribution is -2.54. The maximum absolute atomic E-state index is 13.2. The zero-order valence-corrected chi connectivity index (χ0v) is 24.8.